The van der Waals surface area contributed by atoms with Gasteiger partial charge in [-0.2, -0.15) is 5.10 Å². The summed E-state index contributed by atoms with van der Waals surface area (Å²) in [4.78, 5) is 5.52. The lowest BCUT2D eigenvalue weighted by Crippen LogP contribution is -2.14. The van der Waals surface area contributed by atoms with Gasteiger partial charge in [0.25, 0.3) is 0 Å². The van der Waals surface area contributed by atoms with Gasteiger partial charge in [-0.25, -0.2) is 4.98 Å². The van der Waals surface area contributed by atoms with Crippen LogP contribution in [0.3, 0.4) is 0 Å². The summed E-state index contributed by atoms with van der Waals surface area (Å²) < 4.78 is 11.2. The van der Waals surface area contributed by atoms with Crippen molar-refractivity contribution in [1.29, 1.82) is 0 Å². The van der Waals surface area contributed by atoms with E-state index >= 15 is 0 Å². The number of H-pyrrole nitrogens is 1. The Morgan fingerprint density at radius 3 is 2.67 bits per heavy atom. The van der Waals surface area contributed by atoms with Gasteiger partial charge in [0.05, 0.1) is 24.1 Å². The maximum absolute atomic E-state index is 6.35. The van der Waals surface area contributed by atoms with Gasteiger partial charge < -0.3 is 15.2 Å². The standard InChI is InChI=1S/C17H20N4O2S/c1-3-22-12-8-7-11(10-13(12)23-4-2)15(18)17-19-16(20-21-17)14-6-5-9-24-14/h5-10,15H,3-4,18H2,1-2H3,(H,19,20,21)/t15-/m0/s1. The van der Waals surface area contributed by atoms with E-state index in [1.807, 2.05) is 49.6 Å². The Kier molecular flexibility index (Phi) is 5.12. The molecular weight excluding hydrogens is 324 g/mol. The molecule has 2 heterocycles. The Morgan fingerprint density at radius 2 is 1.96 bits per heavy atom. The Hall–Kier alpha value is -2.38. The molecule has 0 aliphatic heterocycles. The number of hydrogen-bond donors (Lipinski definition) is 2. The van der Waals surface area contributed by atoms with Crippen LogP contribution in [0.1, 0.15) is 31.3 Å². The van der Waals surface area contributed by atoms with Gasteiger partial charge in [-0.05, 0) is 43.0 Å². The Balaban J connectivity index is 1.86. The largest absolute Gasteiger partial charge is 0.490 e. The molecule has 0 saturated heterocycles. The van der Waals surface area contributed by atoms with E-state index in [-0.39, 0.29) is 0 Å². The topological polar surface area (TPSA) is 86.0 Å². The van der Waals surface area contributed by atoms with E-state index in [1.165, 1.54) is 0 Å². The van der Waals surface area contributed by atoms with Crippen molar-refractivity contribution in [1.82, 2.24) is 15.2 Å². The number of aromatic amines is 1. The van der Waals surface area contributed by atoms with Gasteiger partial charge in [-0.1, -0.05) is 12.1 Å². The molecular formula is C17H20N4O2S. The van der Waals surface area contributed by atoms with Gasteiger partial charge in [0.2, 0.25) is 0 Å². The highest BCUT2D eigenvalue weighted by molar-refractivity contribution is 7.13. The fraction of sp³-hybridized carbons (Fsp3) is 0.294. The van der Waals surface area contributed by atoms with Gasteiger partial charge in [0.1, 0.15) is 5.82 Å². The average Bonchev–Trinajstić information content (AvgIpc) is 3.27. The molecule has 3 N–H and O–H groups in total. The zero-order chi connectivity index (χ0) is 16.9. The Morgan fingerprint density at radius 1 is 1.17 bits per heavy atom. The molecule has 2 aromatic heterocycles. The van der Waals surface area contributed by atoms with Crippen LogP contribution >= 0.6 is 11.3 Å². The minimum atomic E-state index is -0.416. The molecule has 126 valence electrons. The predicted molar refractivity (Wildman–Crippen MR) is 94.5 cm³/mol. The van der Waals surface area contributed by atoms with Crippen LogP contribution in [0.2, 0.25) is 0 Å². The molecule has 7 heteroatoms. The summed E-state index contributed by atoms with van der Waals surface area (Å²) in [7, 11) is 0. The fourth-order valence-corrected chi connectivity index (χ4v) is 3.01. The van der Waals surface area contributed by atoms with Gasteiger partial charge in [-0.3, -0.25) is 5.10 Å². The third kappa shape index (κ3) is 3.42. The highest BCUT2D eigenvalue weighted by Gasteiger charge is 2.17. The van der Waals surface area contributed by atoms with Crippen LogP contribution in [0, 0.1) is 0 Å². The summed E-state index contributed by atoms with van der Waals surface area (Å²) in [5.41, 5.74) is 7.23. The van der Waals surface area contributed by atoms with Crippen LogP contribution < -0.4 is 15.2 Å². The van der Waals surface area contributed by atoms with E-state index < -0.39 is 6.04 Å². The average molecular weight is 344 g/mol. The van der Waals surface area contributed by atoms with Crippen molar-refractivity contribution in [2.45, 2.75) is 19.9 Å². The lowest BCUT2D eigenvalue weighted by Gasteiger charge is -2.14. The first-order valence-electron chi connectivity index (χ1n) is 7.84. The molecule has 0 aliphatic carbocycles. The number of nitrogens with two attached hydrogens (primary N) is 1. The fourth-order valence-electron chi connectivity index (χ4n) is 2.35. The normalized spacial score (nSPS) is 12.1. The number of nitrogens with one attached hydrogen (secondary N) is 1. The third-order valence-corrected chi connectivity index (χ3v) is 4.33. The number of nitrogens with zero attached hydrogens (tertiary/aromatic N) is 2. The second-order valence-corrected chi connectivity index (χ2v) is 6.02. The molecule has 0 spiro atoms. The van der Waals surface area contributed by atoms with Crippen LogP contribution in [0.5, 0.6) is 11.5 Å². The second-order valence-electron chi connectivity index (χ2n) is 5.07. The molecule has 0 unspecified atom stereocenters. The molecule has 1 aromatic carbocycles. The van der Waals surface area contributed by atoms with E-state index in [0.717, 1.165) is 10.4 Å². The van der Waals surface area contributed by atoms with Crippen molar-refractivity contribution in [3.8, 4) is 22.2 Å². The molecule has 6 nitrogen and oxygen atoms in total. The van der Waals surface area contributed by atoms with Crippen molar-refractivity contribution in [2.24, 2.45) is 5.73 Å². The van der Waals surface area contributed by atoms with E-state index in [9.17, 15) is 0 Å². The molecule has 3 rings (SSSR count). The smallest absolute Gasteiger partial charge is 0.191 e. The lowest BCUT2D eigenvalue weighted by molar-refractivity contribution is 0.287. The summed E-state index contributed by atoms with van der Waals surface area (Å²) in [6, 6.07) is 9.23. The number of ether oxygens (including phenoxy) is 2. The number of hydrogen-bond acceptors (Lipinski definition) is 6. The predicted octanol–water partition coefficient (Wildman–Crippen LogP) is 3.38. The molecule has 0 radical (unpaired) electrons. The number of benzene rings is 1. The van der Waals surface area contributed by atoms with Gasteiger partial charge in [-0.15, -0.1) is 11.3 Å². The quantitative estimate of drug-likeness (QED) is 0.686. The number of rotatable bonds is 7. The summed E-state index contributed by atoms with van der Waals surface area (Å²) >= 11 is 1.59. The first-order chi connectivity index (χ1) is 11.7. The summed E-state index contributed by atoms with van der Waals surface area (Å²) in [6.45, 7) is 5.02. The van der Waals surface area contributed by atoms with Crippen LogP contribution in [-0.4, -0.2) is 28.4 Å². The highest BCUT2D eigenvalue weighted by Crippen LogP contribution is 2.32. The monoisotopic (exact) mass is 344 g/mol. The van der Waals surface area contributed by atoms with Gasteiger partial charge >= 0.3 is 0 Å². The zero-order valence-corrected chi connectivity index (χ0v) is 14.5. The Labute approximate surface area is 144 Å². The SMILES string of the molecule is CCOc1ccc([C@H](N)c2nc(-c3cccs3)n[nH]2)cc1OCC. The summed E-state index contributed by atoms with van der Waals surface area (Å²) in [5, 5.41) is 9.17. The van der Waals surface area contributed by atoms with E-state index in [1.54, 1.807) is 11.3 Å². The maximum Gasteiger partial charge on any atom is 0.191 e. The van der Waals surface area contributed by atoms with Crippen LogP contribution in [-0.2, 0) is 0 Å². The molecule has 0 bridgehead atoms. The van der Waals surface area contributed by atoms with Gasteiger partial charge in [0.15, 0.2) is 17.3 Å². The second kappa shape index (κ2) is 7.46. The summed E-state index contributed by atoms with van der Waals surface area (Å²) in [6.07, 6.45) is 0. The zero-order valence-electron chi connectivity index (χ0n) is 13.7. The molecule has 0 amide bonds. The molecule has 1 atom stereocenters. The van der Waals surface area contributed by atoms with Crippen LogP contribution in [0.4, 0.5) is 0 Å². The van der Waals surface area contributed by atoms with E-state index in [4.69, 9.17) is 15.2 Å². The van der Waals surface area contributed by atoms with E-state index in [2.05, 4.69) is 15.2 Å². The first-order valence-corrected chi connectivity index (χ1v) is 8.72. The maximum atomic E-state index is 6.35. The van der Waals surface area contributed by atoms with Crippen LogP contribution in [0.15, 0.2) is 35.7 Å². The minimum absolute atomic E-state index is 0.416. The molecule has 0 saturated carbocycles. The molecule has 0 fully saturated rings. The summed E-state index contributed by atoms with van der Waals surface area (Å²) in [5.74, 6) is 2.67. The van der Waals surface area contributed by atoms with Crippen LogP contribution in [0.25, 0.3) is 10.7 Å². The molecule has 0 aliphatic rings. The number of thiophene rings is 1. The molecule has 24 heavy (non-hydrogen) atoms. The number of aromatic nitrogens is 3. The first kappa shape index (κ1) is 16.5. The molecule has 3 aromatic rings. The highest BCUT2D eigenvalue weighted by atomic mass is 32.1. The third-order valence-electron chi connectivity index (χ3n) is 3.47. The minimum Gasteiger partial charge on any atom is -0.490 e. The van der Waals surface area contributed by atoms with Crippen molar-refractivity contribution in [2.75, 3.05) is 13.2 Å². The van der Waals surface area contributed by atoms with Crippen molar-refractivity contribution >= 4 is 11.3 Å². The van der Waals surface area contributed by atoms with Gasteiger partial charge in [0, 0.05) is 0 Å². The van der Waals surface area contributed by atoms with Crippen molar-refractivity contribution in [3.05, 3.63) is 47.1 Å². The van der Waals surface area contributed by atoms with Crippen molar-refractivity contribution in [3.63, 3.8) is 0 Å². The van der Waals surface area contributed by atoms with Crippen molar-refractivity contribution < 1.29 is 9.47 Å². The van der Waals surface area contributed by atoms with E-state index in [0.29, 0.717) is 36.4 Å². The lowest BCUT2D eigenvalue weighted by atomic mass is 10.1. The Bertz CT molecular complexity index is 786.